The van der Waals surface area contributed by atoms with Gasteiger partial charge in [0.15, 0.2) is 0 Å². The van der Waals surface area contributed by atoms with Crippen LogP contribution in [0, 0.1) is 0 Å². The van der Waals surface area contributed by atoms with Crippen LogP contribution in [0.1, 0.15) is 12.8 Å². The van der Waals surface area contributed by atoms with Crippen molar-refractivity contribution >= 4 is 0 Å². The smallest absolute Gasteiger partial charge is 0.0829 e. The van der Waals surface area contributed by atoms with E-state index in [2.05, 4.69) is 16.8 Å². The fourth-order valence-corrected chi connectivity index (χ4v) is 2.23. The number of aliphatic hydroxyl groups excluding tert-OH is 1. The van der Waals surface area contributed by atoms with E-state index in [1.54, 1.807) is 0 Å². The largest absolute Gasteiger partial charge is 0.395 e. The molecule has 0 bridgehead atoms. The highest BCUT2D eigenvalue weighted by Crippen LogP contribution is 2.27. The number of hydrogen-bond donors (Lipinski definition) is 1. The summed E-state index contributed by atoms with van der Waals surface area (Å²) < 4.78 is 5.74. The van der Waals surface area contributed by atoms with E-state index in [0.717, 1.165) is 32.8 Å². The van der Waals surface area contributed by atoms with Gasteiger partial charge >= 0.3 is 0 Å². The maximum absolute atomic E-state index is 9.00. The van der Waals surface area contributed by atoms with Crippen LogP contribution in [0.25, 0.3) is 0 Å². The highest BCUT2D eigenvalue weighted by atomic mass is 16.5. The number of hydrogen-bond acceptors (Lipinski definition) is 4. The van der Waals surface area contributed by atoms with Crippen LogP contribution >= 0.6 is 0 Å². The summed E-state index contributed by atoms with van der Waals surface area (Å²) in [4.78, 5) is 4.70. The molecular weight excluding hydrogens is 192 g/mol. The molecule has 1 N–H and O–H groups in total. The van der Waals surface area contributed by atoms with E-state index in [0.29, 0.717) is 12.1 Å². The predicted molar refractivity (Wildman–Crippen MR) is 58.9 cm³/mol. The Morgan fingerprint density at radius 2 is 2.27 bits per heavy atom. The van der Waals surface area contributed by atoms with Gasteiger partial charge in [-0.1, -0.05) is 0 Å². The van der Waals surface area contributed by atoms with Gasteiger partial charge in [-0.2, -0.15) is 0 Å². The van der Waals surface area contributed by atoms with E-state index >= 15 is 0 Å². The number of nitrogens with zero attached hydrogens (tertiary/aromatic N) is 2. The molecule has 15 heavy (non-hydrogen) atoms. The minimum atomic E-state index is 0.263. The summed E-state index contributed by atoms with van der Waals surface area (Å²) >= 11 is 0. The number of ether oxygens (including phenoxy) is 1. The zero-order valence-electron chi connectivity index (χ0n) is 9.56. The second-order valence-electron chi connectivity index (χ2n) is 4.70. The molecule has 1 aliphatic heterocycles. The first-order valence-corrected chi connectivity index (χ1v) is 5.94. The summed E-state index contributed by atoms with van der Waals surface area (Å²) in [6.45, 7) is 4.95. The molecular formula is C11H22N2O2. The molecule has 4 heteroatoms. The lowest BCUT2D eigenvalue weighted by atomic mass is 10.2. The molecule has 1 saturated carbocycles. The van der Waals surface area contributed by atoms with Gasteiger partial charge in [0.2, 0.25) is 0 Å². The minimum Gasteiger partial charge on any atom is -0.395 e. The monoisotopic (exact) mass is 214 g/mol. The zero-order valence-corrected chi connectivity index (χ0v) is 9.56. The molecule has 4 nitrogen and oxygen atoms in total. The van der Waals surface area contributed by atoms with E-state index in [1.807, 2.05) is 0 Å². The molecule has 2 fully saturated rings. The molecule has 1 heterocycles. The van der Waals surface area contributed by atoms with Crippen LogP contribution in [-0.4, -0.2) is 73.5 Å². The van der Waals surface area contributed by atoms with Gasteiger partial charge in [-0.25, -0.2) is 0 Å². The second kappa shape index (κ2) is 5.25. The van der Waals surface area contributed by atoms with Crippen molar-refractivity contribution in [3.63, 3.8) is 0 Å². The maximum atomic E-state index is 9.00. The van der Waals surface area contributed by atoms with Gasteiger partial charge in [-0.05, 0) is 19.9 Å². The Hall–Kier alpha value is -0.160. The van der Waals surface area contributed by atoms with Crippen LogP contribution in [0.3, 0.4) is 0 Å². The lowest BCUT2D eigenvalue weighted by Gasteiger charge is -2.33. The van der Waals surface area contributed by atoms with Crippen molar-refractivity contribution in [3.8, 4) is 0 Å². The molecule has 1 saturated heterocycles. The first-order chi connectivity index (χ1) is 7.29. The number of likely N-dealkylation sites (N-methyl/N-ethyl adjacent to an activating group) is 1. The zero-order chi connectivity index (χ0) is 10.7. The molecule has 0 amide bonds. The molecule has 2 rings (SSSR count). The van der Waals surface area contributed by atoms with Gasteiger partial charge in [0.25, 0.3) is 0 Å². The Morgan fingerprint density at radius 3 is 2.87 bits per heavy atom. The fraction of sp³-hybridized carbons (Fsp3) is 1.00. The van der Waals surface area contributed by atoms with Gasteiger partial charge in [0, 0.05) is 32.2 Å². The van der Waals surface area contributed by atoms with E-state index in [1.165, 1.54) is 12.8 Å². The van der Waals surface area contributed by atoms with Gasteiger partial charge in [-0.3, -0.25) is 4.90 Å². The summed E-state index contributed by atoms with van der Waals surface area (Å²) in [6.07, 6.45) is 2.92. The van der Waals surface area contributed by atoms with Gasteiger partial charge in [0.05, 0.1) is 19.3 Å². The molecule has 1 unspecified atom stereocenters. The number of aliphatic hydroxyl groups is 1. The Bertz CT molecular complexity index is 197. The molecule has 1 atom stereocenters. The Morgan fingerprint density at radius 1 is 1.47 bits per heavy atom. The first-order valence-electron chi connectivity index (χ1n) is 5.94. The predicted octanol–water partition coefficient (Wildman–Crippen LogP) is -0.226. The Balaban J connectivity index is 1.77. The van der Waals surface area contributed by atoms with Crippen molar-refractivity contribution in [3.05, 3.63) is 0 Å². The van der Waals surface area contributed by atoms with Crippen LogP contribution < -0.4 is 0 Å². The highest BCUT2D eigenvalue weighted by Gasteiger charge is 2.31. The Labute approximate surface area is 91.8 Å². The molecule has 0 aromatic heterocycles. The molecule has 1 aliphatic carbocycles. The van der Waals surface area contributed by atoms with Crippen molar-refractivity contribution < 1.29 is 9.84 Å². The molecule has 0 radical (unpaired) electrons. The number of rotatable bonds is 5. The van der Waals surface area contributed by atoms with Crippen molar-refractivity contribution in [2.75, 3.05) is 46.4 Å². The molecule has 2 aliphatic rings. The lowest BCUT2D eigenvalue weighted by Crippen LogP contribution is -2.47. The quantitative estimate of drug-likeness (QED) is 0.686. The van der Waals surface area contributed by atoms with Crippen LogP contribution in [-0.2, 0) is 4.74 Å². The van der Waals surface area contributed by atoms with Crippen LogP contribution in [0.5, 0.6) is 0 Å². The van der Waals surface area contributed by atoms with Crippen molar-refractivity contribution in [1.29, 1.82) is 0 Å². The average Bonchev–Trinajstić information content (AvgIpc) is 3.00. The third-order valence-corrected chi connectivity index (χ3v) is 3.23. The van der Waals surface area contributed by atoms with Crippen LogP contribution in [0.2, 0.25) is 0 Å². The summed E-state index contributed by atoms with van der Waals surface area (Å²) in [5.74, 6) is 0. The first kappa shape index (κ1) is 11.3. The third kappa shape index (κ3) is 3.41. The lowest BCUT2D eigenvalue weighted by molar-refractivity contribution is -0.0382. The topological polar surface area (TPSA) is 35.9 Å². The van der Waals surface area contributed by atoms with Gasteiger partial charge < -0.3 is 14.7 Å². The van der Waals surface area contributed by atoms with Crippen LogP contribution in [0.15, 0.2) is 0 Å². The summed E-state index contributed by atoms with van der Waals surface area (Å²) in [5.41, 5.74) is 0. The van der Waals surface area contributed by atoms with Crippen molar-refractivity contribution in [2.45, 2.75) is 25.0 Å². The Kier molecular flexibility index (Phi) is 3.97. The van der Waals surface area contributed by atoms with Crippen LogP contribution in [0.4, 0.5) is 0 Å². The normalized spacial score (nSPS) is 28.6. The summed E-state index contributed by atoms with van der Waals surface area (Å²) in [7, 11) is 2.14. The molecule has 0 aromatic carbocycles. The molecule has 88 valence electrons. The summed E-state index contributed by atoms with van der Waals surface area (Å²) in [5, 5.41) is 9.00. The van der Waals surface area contributed by atoms with Gasteiger partial charge in [0.1, 0.15) is 0 Å². The van der Waals surface area contributed by atoms with E-state index in [4.69, 9.17) is 9.84 Å². The van der Waals surface area contributed by atoms with E-state index < -0.39 is 0 Å². The number of morpholine rings is 1. The van der Waals surface area contributed by atoms with Crippen molar-refractivity contribution in [1.82, 2.24) is 9.80 Å². The fourth-order valence-electron chi connectivity index (χ4n) is 2.23. The molecule has 0 aromatic rings. The second-order valence-corrected chi connectivity index (χ2v) is 4.70. The maximum Gasteiger partial charge on any atom is 0.0829 e. The van der Waals surface area contributed by atoms with Crippen molar-refractivity contribution in [2.24, 2.45) is 0 Å². The SMILES string of the molecule is CN1CCOC(CN(CCO)C2CC2)C1. The minimum absolute atomic E-state index is 0.263. The third-order valence-electron chi connectivity index (χ3n) is 3.23. The van der Waals surface area contributed by atoms with E-state index in [-0.39, 0.29) is 6.61 Å². The summed E-state index contributed by atoms with van der Waals surface area (Å²) in [6, 6.07) is 0.716. The average molecular weight is 214 g/mol. The van der Waals surface area contributed by atoms with Gasteiger partial charge in [-0.15, -0.1) is 0 Å². The standard InChI is InChI=1S/C11H22N2O2/c1-12-5-7-15-11(8-12)9-13(4-6-14)10-2-3-10/h10-11,14H,2-9H2,1H3. The highest BCUT2D eigenvalue weighted by molar-refractivity contribution is 4.86. The van der Waals surface area contributed by atoms with E-state index in [9.17, 15) is 0 Å². The molecule has 0 spiro atoms.